The first-order valence-electron chi connectivity index (χ1n) is 10.1. The zero-order valence-corrected chi connectivity index (χ0v) is 18.3. The summed E-state index contributed by atoms with van der Waals surface area (Å²) in [7, 11) is 0. The van der Waals surface area contributed by atoms with Crippen molar-refractivity contribution in [1.29, 1.82) is 5.26 Å². The highest BCUT2D eigenvalue weighted by atomic mass is 35.5. The van der Waals surface area contributed by atoms with Gasteiger partial charge in [-0.2, -0.15) is 10.4 Å². The third-order valence-corrected chi connectivity index (χ3v) is 5.48. The Bertz CT molecular complexity index is 1090. The fourth-order valence-corrected chi connectivity index (χ4v) is 3.58. The molecule has 0 spiro atoms. The fourth-order valence-electron chi connectivity index (χ4n) is 3.37. The maximum absolute atomic E-state index is 12.2. The van der Waals surface area contributed by atoms with Crippen molar-refractivity contribution in [3.05, 3.63) is 81.1 Å². The summed E-state index contributed by atoms with van der Waals surface area (Å²) in [6, 6.07) is 15.1. The Balaban J connectivity index is 1.79. The molecule has 3 rings (SSSR count). The standard InChI is InChI=1S/C24H25ClN4O/c1-4-5-12-27-24(30)19-8-6-18(7-9-19)13-22-16(2)28-29(17(22)3)21-11-10-20(15-26)23(25)14-21/h6-11,14H,4-5,12-13H2,1-3H3,(H,27,30). The van der Waals surface area contributed by atoms with Gasteiger partial charge in [-0.05, 0) is 56.2 Å². The van der Waals surface area contributed by atoms with Crippen LogP contribution in [0.25, 0.3) is 5.69 Å². The van der Waals surface area contributed by atoms with E-state index in [1.165, 1.54) is 0 Å². The molecule has 1 aromatic heterocycles. The molecule has 30 heavy (non-hydrogen) atoms. The third-order valence-electron chi connectivity index (χ3n) is 5.17. The van der Waals surface area contributed by atoms with E-state index < -0.39 is 0 Å². The number of aryl methyl sites for hydroxylation is 1. The van der Waals surface area contributed by atoms with Gasteiger partial charge in [0.2, 0.25) is 0 Å². The number of nitrogens with one attached hydrogen (secondary N) is 1. The summed E-state index contributed by atoms with van der Waals surface area (Å²) in [5, 5.41) is 17.1. The molecular weight excluding hydrogens is 396 g/mol. The molecule has 0 saturated heterocycles. The first-order chi connectivity index (χ1) is 14.4. The van der Waals surface area contributed by atoms with E-state index in [1.807, 2.05) is 48.9 Å². The summed E-state index contributed by atoms with van der Waals surface area (Å²) in [4.78, 5) is 12.2. The van der Waals surface area contributed by atoms with Crippen LogP contribution in [0.2, 0.25) is 5.02 Å². The third kappa shape index (κ3) is 4.72. The van der Waals surface area contributed by atoms with Crippen LogP contribution in [0.1, 0.15) is 58.2 Å². The lowest BCUT2D eigenvalue weighted by molar-refractivity contribution is 0.0953. The summed E-state index contributed by atoms with van der Waals surface area (Å²) in [6.07, 6.45) is 2.76. The molecule has 1 heterocycles. The van der Waals surface area contributed by atoms with E-state index in [4.69, 9.17) is 16.9 Å². The highest BCUT2D eigenvalue weighted by Gasteiger charge is 2.15. The molecule has 0 aliphatic carbocycles. The molecule has 1 amide bonds. The number of benzene rings is 2. The normalized spacial score (nSPS) is 10.6. The SMILES string of the molecule is CCCCNC(=O)c1ccc(Cc2c(C)nn(-c3ccc(C#N)c(Cl)c3)c2C)cc1. The summed E-state index contributed by atoms with van der Waals surface area (Å²) >= 11 is 6.19. The Morgan fingerprint density at radius 1 is 1.20 bits per heavy atom. The molecule has 0 radical (unpaired) electrons. The second-order valence-corrected chi connectivity index (χ2v) is 7.73. The minimum atomic E-state index is -0.0344. The van der Waals surface area contributed by atoms with Crippen molar-refractivity contribution in [3.63, 3.8) is 0 Å². The molecule has 1 N–H and O–H groups in total. The Morgan fingerprint density at radius 2 is 1.93 bits per heavy atom. The minimum absolute atomic E-state index is 0.0344. The van der Waals surface area contributed by atoms with Gasteiger partial charge in [0.05, 0.1) is 22.0 Å². The highest BCUT2D eigenvalue weighted by molar-refractivity contribution is 6.31. The molecule has 154 valence electrons. The van der Waals surface area contributed by atoms with Crippen molar-refractivity contribution in [3.8, 4) is 11.8 Å². The van der Waals surface area contributed by atoms with Gasteiger partial charge in [-0.15, -0.1) is 0 Å². The van der Waals surface area contributed by atoms with Crippen molar-refractivity contribution in [2.45, 2.75) is 40.0 Å². The molecular formula is C24H25ClN4O. The van der Waals surface area contributed by atoms with E-state index in [2.05, 4.69) is 23.4 Å². The van der Waals surface area contributed by atoms with Crippen LogP contribution in [-0.4, -0.2) is 22.2 Å². The largest absolute Gasteiger partial charge is 0.352 e. The Morgan fingerprint density at radius 3 is 2.57 bits per heavy atom. The van der Waals surface area contributed by atoms with Crippen molar-refractivity contribution in [2.24, 2.45) is 0 Å². The van der Waals surface area contributed by atoms with Crippen molar-refractivity contribution < 1.29 is 4.79 Å². The molecule has 0 aliphatic rings. The van der Waals surface area contributed by atoms with Gasteiger partial charge in [0.1, 0.15) is 6.07 Å². The maximum atomic E-state index is 12.2. The van der Waals surface area contributed by atoms with Crippen LogP contribution in [0.5, 0.6) is 0 Å². The monoisotopic (exact) mass is 420 g/mol. The molecule has 0 atom stereocenters. The van der Waals surface area contributed by atoms with E-state index in [0.29, 0.717) is 22.7 Å². The van der Waals surface area contributed by atoms with Crippen LogP contribution in [0.3, 0.4) is 0 Å². The second-order valence-electron chi connectivity index (χ2n) is 7.32. The Labute approximate surface area is 182 Å². The molecule has 0 aliphatic heterocycles. The average molecular weight is 421 g/mol. The molecule has 3 aromatic rings. The number of rotatable bonds is 7. The van der Waals surface area contributed by atoms with Gasteiger partial charge >= 0.3 is 0 Å². The lowest BCUT2D eigenvalue weighted by Gasteiger charge is -2.08. The molecule has 5 nitrogen and oxygen atoms in total. The summed E-state index contributed by atoms with van der Waals surface area (Å²) in [6.45, 7) is 6.81. The van der Waals surface area contributed by atoms with Crippen molar-refractivity contribution in [1.82, 2.24) is 15.1 Å². The summed E-state index contributed by atoms with van der Waals surface area (Å²) in [5.41, 5.74) is 6.15. The minimum Gasteiger partial charge on any atom is -0.352 e. The number of nitriles is 1. The maximum Gasteiger partial charge on any atom is 0.251 e. The number of nitrogens with zero attached hydrogens (tertiary/aromatic N) is 3. The van der Waals surface area contributed by atoms with Gasteiger partial charge in [-0.3, -0.25) is 4.79 Å². The first-order valence-corrected chi connectivity index (χ1v) is 10.4. The predicted octanol–water partition coefficient (Wildman–Crippen LogP) is 5.13. The summed E-state index contributed by atoms with van der Waals surface area (Å²) in [5.74, 6) is -0.0344. The number of carbonyl (C=O) groups excluding carboxylic acids is 1. The van der Waals surface area contributed by atoms with Gasteiger partial charge in [0, 0.05) is 29.8 Å². The molecule has 0 bridgehead atoms. The van der Waals surface area contributed by atoms with Gasteiger partial charge in [0.25, 0.3) is 5.91 Å². The lowest BCUT2D eigenvalue weighted by Crippen LogP contribution is -2.24. The number of amides is 1. The van der Waals surface area contributed by atoms with Gasteiger partial charge in [0.15, 0.2) is 0 Å². The topological polar surface area (TPSA) is 70.7 Å². The number of aromatic nitrogens is 2. The number of hydrogen-bond acceptors (Lipinski definition) is 3. The molecule has 2 aromatic carbocycles. The summed E-state index contributed by atoms with van der Waals surface area (Å²) < 4.78 is 1.85. The van der Waals surface area contributed by atoms with E-state index in [1.54, 1.807) is 12.1 Å². The first kappa shape index (κ1) is 21.6. The fraction of sp³-hybridized carbons (Fsp3) is 0.292. The number of unbranched alkanes of at least 4 members (excludes halogenated alkanes) is 1. The molecule has 0 fully saturated rings. The number of halogens is 1. The van der Waals surface area contributed by atoms with Gasteiger partial charge < -0.3 is 5.32 Å². The van der Waals surface area contributed by atoms with Gasteiger partial charge in [-0.25, -0.2) is 4.68 Å². The molecule has 6 heteroatoms. The Hall–Kier alpha value is -3.10. The van der Waals surface area contributed by atoms with E-state index in [9.17, 15) is 4.79 Å². The highest BCUT2D eigenvalue weighted by Crippen LogP contribution is 2.24. The quantitative estimate of drug-likeness (QED) is 0.538. The second kappa shape index (κ2) is 9.60. The van der Waals surface area contributed by atoms with E-state index >= 15 is 0 Å². The predicted molar refractivity (Wildman–Crippen MR) is 119 cm³/mol. The van der Waals surface area contributed by atoms with Crippen LogP contribution >= 0.6 is 11.6 Å². The Kier molecular flexibility index (Phi) is 6.91. The average Bonchev–Trinajstić information content (AvgIpc) is 3.02. The van der Waals surface area contributed by atoms with E-state index in [-0.39, 0.29) is 5.91 Å². The van der Waals surface area contributed by atoms with Crippen LogP contribution in [-0.2, 0) is 6.42 Å². The zero-order valence-electron chi connectivity index (χ0n) is 17.5. The van der Waals surface area contributed by atoms with Crippen molar-refractivity contribution in [2.75, 3.05) is 6.54 Å². The van der Waals surface area contributed by atoms with Crippen molar-refractivity contribution >= 4 is 17.5 Å². The molecule has 0 unspecified atom stereocenters. The smallest absolute Gasteiger partial charge is 0.251 e. The molecule has 0 saturated carbocycles. The van der Waals surface area contributed by atoms with Crippen LogP contribution in [0.15, 0.2) is 42.5 Å². The van der Waals surface area contributed by atoms with Gasteiger partial charge in [-0.1, -0.05) is 37.1 Å². The van der Waals surface area contributed by atoms with Crippen LogP contribution in [0.4, 0.5) is 0 Å². The number of hydrogen-bond donors (Lipinski definition) is 1. The van der Waals surface area contributed by atoms with Crippen LogP contribution in [0, 0.1) is 25.2 Å². The zero-order chi connectivity index (χ0) is 21.7. The van der Waals surface area contributed by atoms with E-state index in [0.717, 1.165) is 47.5 Å². The van der Waals surface area contributed by atoms with Crippen LogP contribution < -0.4 is 5.32 Å². The lowest BCUT2D eigenvalue weighted by atomic mass is 10.0. The number of carbonyl (C=O) groups is 1.